The Labute approximate surface area is 839 Å². The molecule has 12 heterocycles. The summed E-state index contributed by atoms with van der Waals surface area (Å²) in [5, 5.41) is 20.7. The molecule has 2 N–H and O–H groups in total. The van der Waals surface area contributed by atoms with Gasteiger partial charge in [-0.15, -0.1) is 0 Å². The van der Waals surface area contributed by atoms with Crippen LogP contribution >= 0.6 is 34.8 Å². The summed E-state index contributed by atoms with van der Waals surface area (Å²) in [4.78, 5) is 136. The molecule has 17 rings (SSSR count). The average Bonchev–Trinajstić information content (AvgIpc) is 1.56. The number of benzene rings is 1. The average molecular weight is 1980 g/mol. The van der Waals surface area contributed by atoms with E-state index in [0.717, 1.165) is 114 Å². The van der Waals surface area contributed by atoms with Gasteiger partial charge in [-0.1, -0.05) is 142 Å². The van der Waals surface area contributed by atoms with E-state index < -0.39 is 41.6 Å². The number of rotatable bonds is 14. The maximum Gasteiger partial charge on any atom is 0.483 e. The molecule has 10 aromatic rings. The summed E-state index contributed by atoms with van der Waals surface area (Å²) in [6.07, 6.45) is 24.1. The molecular formula is C107H143BCl3FN18O10. The van der Waals surface area contributed by atoms with Crippen molar-refractivity contribution in [3.8, 4) is 28.3 Å². The summed E-state index contributed by atoms with van der Waals surface area (Å²) in [7, 11) is -1.20. The zero-order valence-electron chi connectivity index (χ0n) is 83.0. The fraction of sp³-hybridized carbons (Fsp3) is 0.523. The monoisotopic (exact) mass is 1980 g/mol. The van der Waals surface area contributed by atoms with Crippen molar-refractivity contribution in [2.24, 2.45) is 5.92 Å². The molecule has 7 aliphatic rings. The molecule has 2 unspecified atom stereocenters. The van der Waals surface area contributed by atoms with E-state index in [4.69, 9.17) is 79.2 Å². The van der Waals surface area contributed by atoms with Crippen LogP contribution in [-0.2, 0) is 19.7 Å². The van der Waals surface area contributed by atoms with Crippen molar-refractivity contribution >= 4 is 116 Å². The molecule has 0 bridgehead atoms. The van der Waals surface area contributed by atoms with Gasteiger partial charge < -0.3 is 48.9 Å². The predicted octanol–water partition coefficient (Wildman–Crippen LogP) is 22.1. The van der Waals surface area contributed by atoms with Gasteiger partial charge in [-0.05, 0) is 280 Å². The minimum absolute atomic E-state index is 0. The van der Waals surface area contributed by atoms with Crippen LogP contribution in [0.25, 0.3) is 67.0 Å². The van der Waals surface area contributed by atoms with Crippen LogP contribution in [0.2, 0.25) is 15.1 Å². The number of ether oxygens (including phenoxy) is 2. The van der Waals surface area contributed by atoms with E-state index in [1.807, 2.05) is 157 Å². The smallest absolute Gasteiger partial charge is 0.444 e. The largest absolute Gasteiger partial charge is 0.483 e. The minimum atomic E-state index is -1.20. The number of anilines is 3. The highest BCUT2D eigenvalue weighted by atomic mass is 35.5. The van der Waals surface area contributed by atoms with Gasteiger partial charge in [-0.3, -0.25) is 19.7 Å². The van der Waals surface area contributed by atoms with Crippen LogP contribution in [-0.4, -0.2) is 195 Å². The maximum atomic E-state index is 15.0. The van der Waals surface area contributed by atoms with Crippen LogP contribution in [0.5, 0.6) is 0 Å². The number of allylic oxidation sites excluding steroid dienone is 4. The molecule has 28 nitrogen and oxygen atoms in total. The Balaban J connectivity index is 0.000000190. The number of aryl methyl sites for hydroxylation is 3. The first-order chi connectivity index (χ1) is 64.8. The van der Waals surface area contributed by atoms with E-state index >= 15 is 4.39 Å². The van der Waals surface area contributed by atoms with Crippen molar-refractivity contribution in [3.63, 3.8) is 0 Å². The Morgan fingerprint density at radius 3 is 1.28 bits per heavy atom. The molecule has 5 fully saturated rings. The standard InChI is InChI=1S/C33H38ClFN6O3.C33H43ClN6O3.C32H39ClN6O2.C6H11BO2.3CH4/c1-18(2)26-28(19(3)13-14-36-26)41-30-23(15-24(34)27(37-30)22-11-9-10-12-25(22)35)29(38-31(41)42)39-16-21(5)40(17-20(39)4)32(43)44-33(6,7)8;1-19(2)26-28(20(3)14-15-35-26)40-30-24(16-25(34)27(36-30)23-12-10-9-11-13-23)29(37-31(40)41)38-17-22(5)39(18-21(38)4)32(42)43-33(6,7)8;1-7-25(40)37-16-21(6)38(17-20(37)5)29-23-14-24(33)28(32-12-9-8-10-22(32)15-32)35-30(23)39(31(41)36-29)27-19(4)11-13-34-26(27)18(2)3;8-7(9)6-4-2-1-3-5-6;;;/h9-15,18,20-21H,16-17H2,1-8H3;12,14-16,19,21-22H,9-11,13,17-18H2,1-8H3;7,11,13-14,18,20-22H,1,8-10,12,15-17H2,2-6H3;4,8-9H,1-3,5H2;3*1H4/t20-,21+;21-,22+;20-,21+,22?,32?;;;;/m001..../s1. The van der Waals surface area contributed by atoms with Gasteiger partial charge in [0, 0.05) is 105 Å². The van der Waals surface area contributed by atoms with Gasteiger partial charge in [-0.25, -0.2) is 57.0 Å². The van der Waals surface area contributed by atoms with E-state index in [9.17, 15) is 28.8 Å². The molecule has 3 saturated heterocycles. The van der Waals surface area contributed by atoms with Crippen molar-refractivity contribution in [2.45, 2.75) is 322 Å². The van der Waals surface area contributed by atoms with Crippen LogP contribution < -0.4 is 31.8 Å². The van der Waals surface area contributed by atoms with Gasteiger partial charge in [0.1, 0.15) is 34.5 Å². The number of amides is 3. The Morgan fingerprint density at radius 2 is 0.900 bits per heavy atom. The Bertz CT molecular complexity index is 6550. The van der Waals surface area contributed by atoms with Crippen LogP contribution in [0.1, 0.15) is 293 Å². The first kappa shape index (κ1) is 109. The van der Waals surface area contributed by atoms with E-state index in [2.05, 4.69) is 77.0 Å². The molecule has 9 aromatic heterocycles. The number of hydrogen-bond donors (Lipinski definition) is 2. The quantitative estimate of drug-likeness (QED) is 0.0754. The molecule has 33 heteroatoms. The zero-order valence-corrected chi connectivity index (χ0v) is 85.2. The van der Waals surface area contributed by atoms with E-state index in [1.165, 1.54) is 42.4 Å². The van der Waals surface area contributed by atoms with E-state index in [0.29, 0.717) is 118 Å². The number of carbonyl (C=O) groups excluding carboxylic acids is 3. The summed E-state index contributed by atoms with van der Waals surface area (Å²) in [5.74, 6) is 1.67. The lowest BCUT2D eigenvalue weighted by Gasteiger charge is -2.44. The highest BCUT2D eigenvalue weighted by Crippen LogP contribution is 2.63. The molecule has 752 valence electrons. The number of hydrogen-bond acceptors (Lipinski definition) is 22. The highest BCUT2D eigenvalue weighted by molar-refractivity contribution is 6.50. The second kappa shape index (κ2) is 44.6. The third-order valence-electron chi connectivity index (χ3n) is 27.2. The molecule has 3 amide bonds. The summed E-state index contributed by atoms with van der Waals surface area (Å²) >= 11 is 20.9. The molecule has 0 radical (unpaired) electrons. The molecule has 4 aliphatic carbocycles. The number of nitrogens with zero attached hydrogens (tertiary/aromatic N) is 18. The molecule has 2 saturated carbocycles. The summed E-state index contributed by atoms with van der Waals surface area (Å²) in [6, 6.07) is 16.6. The second-order valence-corrected chi connectivity index (χ2v) is 42.2. The Morgan fingerprint density at radius 1 is 0.507 bits per heavy atom. The highest BCUT2D eigenvalue weighted by Gasteiger charge is 2.58. The number of piperazine rings is 3. The molecular weight excluding hydrogens is 1830 g/mol. The van der Waals surface area contributed by atoms with Gasteiger partial charge in [0.2, 0.25) is 5.91 Å². The van der Waals surface area contributed by atoms with Gasteiger partial charge in [0.05, 0.1) is 82.5 Å². The van der Waals surface area contributed by atoms with Crippen molar-refractivity contribution in [2.75, 3.05) is 54.0 Å². The summed E-state index contributed by atoms with van der Waals surface area (Å²) in [6.45, 7) is 47.6. The van der Waals surface area contributed by atoms with Gasteiger partial charge in [0.15, 0.2) is 16.9 Å². The van der Waals surface area contributed by atoms with Crippen LogP contribution in [0.3, 0.4) is 0 Å². The maximum absolute atomic E-state index is 15.0. The lowest BCUT2D eigenvalue weighted by atomic mass is 9.74. The summed E-state index contributed by atoms with van der Waals surface area (Å²) < 4.78 is 31.1. The lowest BCUT2D eigenvalue weighted by Crippen LogP contribution is -2.59. The second-order valence-electron chi connectivity index (χ2n) is 40.9. The number of fused-ring (bicyclic) bond motifs is 4. The van der Waals surface area contributed by atoms with Crippen molar-refractivity contribution < 1.29 is 38.3 Å². The number of halogens is 4. The number of pyridine rings is 6. The van der Waals surface area contributed by atoms with Crippen LogP contribution in [0.15, 0.2) is 124 Å². The molecule has 3 aliphatic heterocycles. The van der Waals surface area contributed by atoms with Crippen LogP contribution in [0, 0.1) is 32.5 Å². The van der Waals surface area contributed by atoms with Gasteiger partial charge in [0.25, 0.3) is 0 Å². The fourth-order valence-corrected chi connectivity index (χ4v) is 21.0. The third-order valence-corrected chi connectivity index (χ3v) is 28.0. The Kier molecular flexibility index (Phi) is 34.9. The minimum Gasteiger partial charge on any atom is -0.444 e. The zero-order chi connectivity index (χ0) is 99.2. The molecule has 1 aromatic carbocycles. The normalized spacial score (nSPS) is 20.3. The molecule has 8 atom stereocenters. The first-order valence-electron chi connectivity index (χ1n) is 48.3. The van der Waals surface area contributed by atoms with Gasteiger partial charge >= 0.3 is 36.4 Å². The summed E-state index contributed by atoms with van der Waals surface area (Å²) in [5.41, 5.74) is 9.82. The number of aromatic nitrogens is 12. The van der Waals surface area contributed by atoms with E-state index in [1.54, 1.807) is 61.8 Å². The molecule has 0 spiro atoms. The van der Waals surface area contributed by atoms with Crippen LogP contribution in [0.4, 0.5) is 31.4 Å². The number of carbonyl (C=O) groups is 3. The third kappa shape index (κ3) is 22.8. The first-order valence-corrected chi connectivity index (χ1v) is 49.4. The Hall–Kier alpha value is -11.0. The fourth-order valence-electron chi connectivity index (χ4n) is 20.1. The topological polar surface area (TPSA) is 312 Å². The SMILES string of the molecule is C.C.C.C=CC(=O)N1C[C@H](C)N(c2nc(=O)n(-c3c(C)ccnc3C(C)C)c3nc(C45CCCCC4C5)c(Cl)cc23)C[C@H]1C.Cc1ccnc(C(C)C)c1-n1c(=O)nc(N2C[C@@H](C)N(C(=O)OC(C)(C)C)C[C@@H]2C)c2cc(Cl)c(-c3ccccc3F)nc21.Cc1ccnc(C(C)C)c1-n1c(=O)nc(N2C[C@@H](C)N(C(=O)OC(C)(C)C)C[C@@H]2C)c2cc(Cl)c(C3=CCCCC3)nc21.OB(O)C1=CCCCC1. The van der Waals surface area contributed by atoms with Crippen molar-refractivity contribution in [1.82, 2.24) is 73.3 Å². The van der Waals surface area contributed by atoms with Crippen molar-refractivity contribution in [3.05, 3.63) is 207 Å². The lowest BCUT2D eigenvalue weighted by molar-refractivity contribution is -0.128. The van der Waals surface area contributed by atoms with Gasteiger partial charge in [-0.2, -0.15) is 15.0 Å². The van der Waals surface area contributed by atoms with E-state index in [-0.39, 0.29) is 121 Å². The van der Waals surface area contributed by atoms with Crippen molar-refractivity contribution in [1.29, 1.82) is 0 Å². The molecule has 140 heavy (non-hydrogen) atoms. The predicted molar refractivity (Wildman–Crippen MR) is 564 cm³/mol.